The van der Waals surface area contributed by atoms with E-state index >= 15 is 0 Å². The van der Waals surface area contributed by atoms with Gasteiger partial charge in [0.1, 0.15) is 5.92 Å². The number of urea groups is 1. The summed E-state index contributed by atoms with van der Waals surface area (Å²) in [4.78, 5) is 36.7. The number of rotatable bonds is 4. The van der Waals surface area contributed by atoms with Gasteiger partial charge in [0.15, 0.2) is 0 Å². The molecule has 100 valence electrons. The molecule has 0 aromatic heterocycles. The van der Waals surface area contributed by atoms with Crippen LogP contribution in [0.2, 0.25) is 0 Å². The Morgan fingerprint density at radius 1 is 1.39 bits per heavy atom. The Kier molecular flexibility index (Phi) is 4.27. The van der Waals surface area contributed by atoms with E-state index in [0.29, 0.717) is 18.9 Å². The van der Waals surface area contributed by atoms with Crippen LogP contribution in [-0.2, 0) is 9.59 Å². The van der Waals surface area contributed by atoms with Crippen molar-refractivity contribution in [2.24, 2.45) is 11.8 Å². The third-order valence-electron chi connectivity index (χ3n) is 3.40. The first-order chi connectivity index (χ1) is 8.63. The molecule has 2 saturated heterocycles. The molecule has 6 heteroatoms. The van der Waals surface area contributed by atoms with Gasteiger partial charge < -0.3 is 0 Å². The van der Waals surface area contributed by atoms with Crippen LogP contribution in [0.1, 0.15) is 26.2 Å². The molecule has 2 fully saturated rings. The molecular weight excluding hydrogens is 252 g/mol. The molecule has 2 aliphatic rings. The van der Waals surface area contributed by atoms with Crippen LogP contribution >= 0.6 is 11.8 Å². The Hall–Kier alpha value is -1.04. The van der Waals surface area contributed by atoms with Gasteiger partial charge in [-0.15, -0.1) is 0 Å². The molecule has 0 saturated carbocycles. The summed E-state index contributed by atoms with van der Waals surface area (Å²) < 4.78 is 0. The Balaban J connectivity index is 2.05. The SMILES string of the molecule is CCCC1C(=O)NC(=O)N(CC2CCSC2)C1=O. The minimum atomic E-state index is -0.679. The van der Waals surface area contributed by atoms with E-state index in [0.717, 1.165) is 24.3 Å². The van der Waals surface area contributed by atoms with Crippen LogP contribution in [0.3, 0.4) is 0 Å². The number of hydrogen-bond donors (Lipinski definition) is 1. The van der Waals surface area contributed by atoms with E-state index in [1.807, 2.05) is 18.7 Å². The van der Waals surface area contributed by atoms with Crippen LogP contribution in [0.15, 0.2) is 0 Å². The van der Waals surface area contributed by atoms with Gasteiger partial charge in [0.2, 0.25) is 11.8 Å². The van der Waals surface area contributed by atoms with Gasteiger partial charge in [-0.1, -0.05) is 13.3 Å². The molecule has 0 spiro atoms. The molecule has 0 aromatic carbocycles. The number of hydrogen-bond acceptors (Lipinski definition) is 4. The van der Waals surface area contributed by atoms with Gasteiger partial charge in [-0.25, -0.2) is 4.79 Å². The van der Waals surface area contributed by atoms with Crippen molar-refractivity contribution in [2.75, 3.05) is 18.1 Å². The van der Waals surface area contributed by atoms with Crippen molar-refractivity contribution in [3.63, 3.8) is 0 Å². The van der Waals surface area contributed by atoms with Crippen LogP contribution in [0.4, 0.5) is 4.79 Å². The maximum Gasteiger partial charge on any atom is 0.330 e. The minimum absolute atomic E-state index is 0.317. The number of thioether (sulfide) groups is 1. The number of carbonyl (C=O) groups excluding carboxylic acids is 3. The molecule has 5 nitrogen and oxygen atoms in total. The van der Waals surface area contributed by atoms with Crippen LogP contribution < -0.4 is 5.32 Å². The lowest BCUT2D eigenvalue weighted by atomic mass is 9.98. The summed E-state index contributed by atoms with van der Waals surface area (Å²) in [6.45, 7) is 2.38. The first-order valence-electron chi connectivity index (χ1n) is 6.37. The lowest BCUT2D eigenvalue weighted by Crippen LogP contribution is -2.58. The molecule has 0 radical (unpaired) electrons. The zero-order valence-electron chi connectivity index (χ0n) is 10.5. The summed E-state index contributed by atoms with van der Waals surface area (Å²) in [5, 5.41) is 2.29. The molecule has 0 bridgehead atoms. The highest BCUT2D eigenvalue weighted by Crippen LogP contribution is 2.26. The average molecular weight is 270 g/mol. The summed E-state index contributed by atoms with van der Waals surface area (Å²) in [7, 11) is 0. The van der Waals surface area contributed by atoms with Crippen LogP contribution in [-0.4, -0.2) is 40.8 Å². The molecule has 2 atom stereocenters. The Morgan fingerprint density at radius 2 is 2.17 bits per heavy atom. The van der Waals surface area contributed by atoms with Gasteiger partial charge in [-0.2, -0.15) is 11.8 Å². The van der Waals surface area contributed by atoms with Gasteiger partial charge >= 0.3 is 6.03 Å². The fraction of sp³-hybridized carbons (Fsp3) is 0.750. The zero-order valence-corrected chi connectivity index (χ0v) is 11.3. The van der Waals surface area contributed by atoms with E-state index in [2.05, 4.69) is 5.32 Å². The third-order valence-corrected chi connectivity index (χ3v) is 4.63. The molecule has 2 heterocycles. The smallest absolute Gasteiger partial charge is 0.277 e. The third kappa shape index (κ3) is 2.68. The van der Waals surface area contributed by atoms with Crippen molar-refractivity contribution in [1.82, 2.24) is 10.2 Å². The zero-order chi connectivity index (χ0) is 13.1. The predicted molar refractivity (Wildman–Crippen MR) is 69.1 cm³/mol. The molecular formula is C12H18N2O3S. The number of amides is 4. The monoisotopic (exact) mass is 270 g/mol. The van der Waals surface area contributed by atoms with Gasteiger partial charge in [-0.3, -0.25) is 19.8 Å². The van der Waals surface area contributed by atoms with E-state index in [1.165, 1.54) is 4.90 Å². The normalized spacial score (nSPS) is 28.7. The summed E-state index contributed by atoms with van der Waals surface area (Å²) in [6.07, 6.45) is 2.30. The molecule has 0 aromatic rings. The van der Waals surface area contributed by atoms with Gasteiger partial charge in [-0.05, 0) is 30.3 Å². The maximum absolute atomic E-state index is 12.2. The first-order valence-corrected chi connectivity index (χ1v) is 7.53. The van der Waals surface area contributed by atoms with Crippen molar-refractivity contribution >= 4 is 29.6 Å². The van der Waals surface area contributed by atoms with Gasteiger partial charge in [0.25, 0.3) is 0 Å². The van der Waals surface area contributed by atoms with Crippen molar-refractivity contribution in [1.29, 1.82) is 0 Å². The maximum atomic E-state index is 12.2. The fourth-order valence-electron chi connectivity index (χ4n) is 2.36. The highest BCUT2D eigenvalue weighted by molar-refractivity contribution is 7.99. The number of imide groups is 2. The second-order valence-electron chi connectivity index (χ2n) is 4.81. The standard InChI is InChI=1S/C12H18N2O3S/c1-2-3-9-10(15)13-12(17)14(11(9)16)6-8-4-5-18-7-8/h8-9H,2-7H2,1H3,(H,13,15,17). The van der Waals surface area contributed by atoms with Crippen LogP contribution in [0.5, 0.6) is 0 Å². The van der Waals surface area contributed by atoms with Crippen molar-refractivity contribution in [3.8, 4) is 0 Å². The van der Waals surface area contributed by atoms with Gasteiger partial charge in [0.05, 0.1) is 0 Å². The largest absolute Gasteiger partial charge is 0.330 e. The highest BCUT2D eigenvalue weighted by atomic mass is 32.2. The topological polar surface area (TPSA) is 66.5 Å². The molecule has 2 unspecified atom stereocenters. The Bertz CT molecular complexity index is 366. The summed E-state index contributed by atoms with van der Waals surface area (Å²) in [6, 6.07) is -0.547. The summed E-state index contributed by atoms with van der Waals surface area (Å²) in [5.41, 5.74) is 0. The molecule has 0 aliphatic carbocycles. The van der Waals surface area contributed by atoms with E-state index in [1.54, 1.807) is 0 Å². The van der Waals surface area contributed by atoms with E-state index in [-0.39, 0.29) is 5.91 Å². The number of barbiturate groups is 1. The second kappa shape index (κ2) is 5.73. The minimum Gasteiger partial charge on any atom is -0.277 e. The quantitative estimate of drug-likeness (QED) is 0.780. The summed E-state index contributed by atoms with van der Waals surface area (Å²) >= 11 is 1.85. The lowest BCUT2D eigenvalue weighted by molar-refractivity contribution is -0.143. The van der Waals surface area contributed by atoms with Crippen LogP contribution in [0, 0.1) is 11.8 Å². The average Bonchev–Trinajstić information content (AvgIpc) is 2.83. The molecule has 1 N–H and O–H groups in total. The first kappa shape index (κ1) is 13.4. The molecule has 4 amide bonds. The van der Waals surface area contributed by atoms with Crippen molar-refractivity contribution < 1.29 is 14.4 Å². The van der Waals surface area contributed by atoms with E-state index in [4.69, 9.17) is 0 Å². The number of carbonyl (C=O) groups is 3. The van der Waals surface area contributed by atoms with E-state index in [9.17, 15) is 14.4 Å². The second-order valence-corrected chi connectivity index (χ2v) is 5.96. The Morgan fingerprint density at radius 3 is 2.78 bits per heavy atom. The molecule has 2 aliphatic heterocycles. The van der Waals surface area contributed by atoms with Crippen LogP contribution in [0.25, 0.3) is 0 Å². The lowest BCUT2D eigenvalue weighted by Gasteiger charge is -2.31. The molecule has 2 rings (SSSR count). The molecule has 18 heavy (non-hydrogen) atoms. The van der Waals surface area contributed by atoms with Crippen molar-refractivity contribution in [3.05, 3.63) is 0 Å². The highest BCUT2D eigenvalue weighted by Gasteiger charge is 2.40. The Labute approximate surface area is 111 Å². The fourth-order valence-corrected chi connectivity index (χ4v) is 3.63. The number of nitrogens with one attached hydrogen (secondary N) is 1. The van der Waals surface area contributed by atoms with Gasteiger partial charge in [0, 0.05) is 6.54 Å². The summed E-state index contributed by atoms with van der Waals surface area (Å²) in [5.74, 6) is 1.02. The van der Waals surface area contributed by atoms with Crippen molar-refractivity contribution in [2.45, 2.75) is 26.2 Å². The number of nitrogens with zero attached hydrogens (tertiary/aromatic N) is 1. The predicted octanol–water partition coefficient (Wildman–Crippen LogP) is 1.23. The van der Waals surface area contributed by atoms with E-state index < -0.39 is 17.9 Å².